The van der Waals surface area contributed by atoms with Crippen LogP contribution in [0.3, 0.4) is 0 Å². The summed E-state index contributed by atoms with van der Waals surface area (Å²) in [4.78, 5) is 34.7. The smallest absolute Gasteiger partial charge is 0.408 e. The van der Waals surface area contributed by atoms with E-state index in [4.69, 9.17) is 9.84 Å². The van der Waals surface area contributed by atoms with Crippen LogP contribution in [-0.4, -0.2) is 34.6 Å². The maximum absolute atomic E-state index is 13.5. The van der Waals surface area contributed by atoms with Crippen molar-refractivity contribution in [3.8, 4) is 0 Å². The summed E-state index contributed by atoms with van der Waals surface area (Å²) in [6.45, 7) is 4.84. The summed E-state index contributed by atoms with van der Waals surface area (Å²) in [5, 5.41) is 11.2. The van der Waals surface area contributed by atoms with E-state index >= 15 is 0 Å². The highest BCUT2D eigenvalue weighted by atomic mass is 19.1. The van der Waals surface area contributed by atoms with Crippen molar-refractivity contribution >= 4 is 17.8 Å². The first-order chi connectivity index (χ1) is 11.0. The summed E-state index contributed by atoms with van der Waals surface area (Å²) >= 11 is 0. The third-order valence-electron chi connectivity index (χ3n) is 2.88. The average Bonchev–Trinajstić information content (AvgIpc) is 2.40. The second-order valence-electron chi connectivity index (χ2n) is 6.12. The lowest BCUT2D eigenvalue weighted by atomic mass is 10.0. The maximum Gasteiger partial charge on any atom is 0.408 e. The van der Waals surface area contributed by atoms with Crippen LogP contribution in [0.1, 0.15) is 44.0 Å². The quantitative estimate of drug-likeness (QED) is 0.775. The summed E-state index contributed by atoms with van der Waals surface area (Å²) in [5.41, 5.74) is -1.14. The topological polar surface area (TPSA) is 92.7 Å². The molecule has 8 heteroatoms. The molecule has 132 valence electrons. The van der Waals surface area contributed by atoms with Crippen LogP contribution in [0.2, 0.25) is 0 Å². The molecule has 1 aromatic rings. The summed E-state index contributed by atoms with van der Waals surface area (Å²) in [7, 11) is 0. The first-order valence-corrected chi connectivity index (χ1v) is 7.20. The van der Waals surface area contributed by atoms with Crippen molar-refractivity contribution < 1.29 is 33.0 Å². The highest BCUT2D eigenvalue weighted by molar-refractivity contribution is 5.96. The van der Waals surface area contributed by atoms with Crippen LogP contribution in [0, 0.1) is 11.6 Å². The highest BCUT2D eigenvalue weighted by Gasteiger charge is 2.25. The van der Waals surface area contributed by atoms with Crippen LogP contribution < -0.4 is 5.32 Å². The lowest BCUT2D eigenvalue weighted by Gasteiger charge is -2.21. The number of carboxylic acid groups (broad SMARTS) is 1. The van der Waals surface area contributed by atoms with Gasteiger partial charge in [0.15, 0.2) is 5.78 Å². The predicted molar refractivity (Wildman–Crippen MR) is 80.7 cm³/mol. The van der Waals surface area contributed by atoms with Gasteiger partial charge in [0.25, 0.3) is 0 Å². The van der Waals surface area contributed by atoms with Crippen molar-refractivity contribution in [2.75, 3.05) is 0 Å². The summed E-state index contributed by atoms with van der Waals surface area (Å²) in [5.74, 6) is -3.89. The number of rotatable bonds is 6. The molecule has 1 unspecified atom stereocenters. The van der Waals surface area contributed by atoms with Crippen molar-refractivity contribution in [3.63, 3.8) is 0 Å². The molecule has 0 heterocycles. The van der Waals surface area contributed by atoms with Gasteiger partial charge < -0.3 is 15.2 Å². The number of carbonyl (C=O) groups is 3. The standard InChI is InChI=1S/C16H19F2NO5/c1-16(2,3)24-15(23)19-12(14(21)22)6-7-13(20)10-5-4-9(17)8-11(10)18/h4-5,8,12H,6-7H2,1-3H3,(H,19,23)(H,21,22). The van der Waals surface area contributed by atoms with E-state index in [1.54, 1.807) is 20.8 Å². The van der Waals surface area contributed by atoms with Crippen LogP contribution in [0.5, 0.6) is 0 Å². The Morgan fingerprint density at radius 1 is 1.25 bits per heavy atom. The van der Waals surface area contributed by atoms with E-state index in [1.807, 2.05) is 0 Å². The van der Waals surface area contributed by atoms with Crippen LogP contribution in [0.15, 0.2) is 18.2 Å². The van der Waals surface area contributed by atoms with Crippen molar-refractivity contribution in [3.05, 3.63) is 35.4 Å². The first-order valence-electron chi connectivity index (χ1n) is 7.20. The molecule has 0 saturated carbocycles. The van der Waals surface area contributed by atoms with E-state index in [1.165, 1.54) is 0 Å². The van der Waals surface area contributed by atoms with Gasteiger partial charge in [-0.25, -0.2) is 18.4 Å². The monoisotopic (exact) mass is 343 g/mol. The third kappa shape index (κ3) is 6.31. The number of ketones is 1. The molecule has 0 spiro atoms. The number of ether oxygens (including phenoxy) is 1. The summed E-state index contributed by atoms with van der Waals surface area (Å²) in [6.07, 6.45) is -1.53. The number of benzene rings is 1. The molecule has 0 saturated heterocycles. The molecule has 0 radical (unpaired) electrons. The number of amides is 1. The van der Waals surface area contributed by atoms with Crippen LogP contribution >= 0.6 is 0 Å². The van der Waals surface area contributed by atoms with E-state index in [0.717, 1.165) is 12.1 Å². The fraction of sp³-hybridized carbons (Fsp3) is 0.438. The molecule has 24 heavy (non-hydrogen) atoms. The molecular weight excluding hydrogens is 324 g/mol. The number of carboxylic acids is 1. The molecule has 1 atom stereocenters. The second-order valence-corrected chi connectivity index (χ2v) is 6.12. The van der Waals surface area contributed by atoms with E-state index in [-0.39, 0.29) is 18.4 Å². The predicted octanol–water partition coefficient (Wildman–Crippen LogP) is 2.91. The molecule has 0 aliphatic heterocycles. The van der Waals surface area contributed by atoms with Gasteiger partial charge >= 0.3 is 12.1 Å². The Kier molecular flexibility index (Phi) is 6.39. The van der Waals surface area contributed by atoms with Crippen LogP contribution in [-0.2, 0) is 9.53 Å². The zero-order valence-corrected chi connectivity index (χ0v) is 13.6. The number of hydrogen-bond acceptors (Lipinski definition) is 4. The fourth-order valence-electron chi connectivity index (χ4n) is 1.83. The molecule has 0 aliphatic carbocycles. The minimum atomic E-state index is -1.37. The number of Topliss-reactive ketones (excluding diaryl/α,β-unsaturated/α-hetero) is 1. The number of nitrogens with one attached hydrogen (secondary N) is 1. The fourth-order valence-corrected chi connectivity index (χ4v) is 1.83. The SMILES string of the molecule is CC(C)(C)OC(=O)NC(CCC(=O)c1ccc(F)cc1F)C(=O)O. The van der Waals surface area contributed by atoms with Gasteiger partial charge in [-0.1, -0.05) is 0 Å². The first kappa shape index (κ1) is 19.5. The Hall–Kier alpha value is -2.51. The molecule has 1 amide bonds. The molecule has 1 aromatic carbocycles. The Labute approximate surface area is 137 Å². The molecule has 0 fully saturated rings. The third-order valence-corrected chi connectivity index (χ3v) is 2.88. The van der Waals surface area contributed by atoms with Crippen LogP contribution in [0.25, 0.3) is 0 Å². The molecular formula is C16H19F2NO5. The van der Waals surface area contributed by atoms with Crippen LogP contribution in [0.4, 0.5) is 13.6 Å². The van der Waals surface area contributed by atoms with Gasteiger partial charge in [0.05, 0.1) is 5.56 Å². The highest BCUT2D eigenvalue weighted by Crippen LogP contribution is 2.14. The number of carbonyl (C=O) groups excluding carboxylic acids is 2. The van der Waals surface area contributed by atoms with Crippen molar-refractivity contribution in [1.82, 2.24) is 5.32 Å². The Bertz CT molecular complexity index is 640. The summed E-state index contributed by atoms with van der Waals surface area (Å²) in [6, 6.07) is 1.13. The van der Waals surface area contributed by atoms with Gasteiger partial charge in [0.2, 0.25) is 0 Å². The minimum Gasteiger partial charge on any atom is -0.480 e. The number of aliphatic carboxylic acids is 1. The van der Waals surface area contributed by atoms with Gasteiger partial charge in [-0.05, 0) is 39.3 Å². The van der Waals surface area contributed by atoms with Crippen molar-refractivity contribution in [1.29, 1.82) is 0 Å². The van der Waals surface area contributed by atoms with Gasteiger partial charge in [0.1, 0.15) is 23.3 Å². The zero-order chi connectivity index (χ0) is 18.5. The molecule has 6 nitrogen and oxygen atoms in total. The number of halogens is 2. The van der Waals surface area contributed by atoms with E-state index in [9.17, 15) is 23.2 Å². The van der Waals surface area contributed by atoms with E-state index in [0.29, 0.717) is 6.07 Å². The van der Waals surface area contributed by atoms with Gasteiger partial charge in [-0.3, -0.25) is 4.79 Å². The Morgan fingerprint density at radius 2 is 1.88 bits per heavy atom. The number of hydrogen-bond donors (Lipinski definition) is 2. The molecule has 0 aliphatic rings. The van der Waals surface area contributed by atoms with Crippen molar-refractivity contribution in [2.24, 2.45) is 0 Å². The normalized spacial score (nSPS) is 12.4. The van der Waals surface area contributed by atoms with Crippen molar-refractivity contribution in [2.45, 2.75) is 45.3 Å². The minimum absolute atomic E-state index is 0.260. The second kappa shape index (κ2) is 7.85. The molecule has 1 rings (SSSR count). The number of alkyl carbamates (subject to hydrolysis) is 1. The maximum atomic E-state index is 13.5. The zero-order valence-electron chi connectivity index (χ0n) is 13.6. The van der Waals surface area contributed by atoms with E-state index < -0.39 is 41.1 Å². The average molecular weight is 343 g/mol. The lowest BCUT2D eigenvalue weighted by molar-refractivity contribution is -0.139. The summed E-state index contributed by atoms with van der Waals surface area (Å²) < 4.78 is 31.3. The molecule has 0 aromatic heterocycles. The Morgan fingerprint density at radius 3 is 2.38 bits per heavy atom. The lowest BCUT2D eigenvalue weighted by Crippen LogP contribution is -2.43. The van der Waals surface area contributed by atoms with Gasteiger partial charge in [-0.15, -0.1) is 0 Å². The molecule has 2 N–H and O–H groups in total. The van der Waals surface area contributed by atoms with E-state index in [2.05, 4.69) is 5.32 Å². The van der Waals surface area contributed by atoms with Gasteiger partial charge in [-0.2, -0.15) is 0 Å². The van der Waals surface area contributed by atoms with Gasteiger partial charge in [0, 0.05) is 12.5 Å². The molecule has 0 bridgehead atoms. The Balaban J connectivity index is 2.68. The largest absolute Gasteiger partial charge is 0.480 e.